The van der Waals surface area contributed by atoms with Gasteiger partial charge in [0.1, 0.15) is 17.5 Å². The highest BCUT2D eigenvalue weighted by Gasteiger charge is 2.13. The Labute approximate surface area is 134 Å². The minimum Gasteiger partial charge on any atom is -0.325 e. The van der Waals surface area contributed by atoms with Gasteiger partial charge in [-0.25, -0.2) is 4.98 Å². The summed E-state index contributed by atoms with van der Waals surface area (Å²) in [6, 6.07) is 5.59. The van der Waals surface area contributed by atoms with Crippen LogP contribution in [0.15, 0.2) is 23.1 Å². The lowest BCUT2D eigenvalue weighted by Crippen LogP contribution is -2.19. The Morgan fingerprint density at radius 1 is 1.39 bits per heavy atom. The third kappa shape index (κ3) is 3.64. The fourth-order valence-corrected chi connectivity index (χ4v) is 2.47. The molecule has 2 heterocycles. The van der Waals surface area contributed by atoms with Crippen molar-refractivity contribution in [3.63, 3.8) is 0 Å². The number of nitrogens with one attached hydrogen (secondary N) is 2. The fourth-order valence-electron chi connectivity index (χ4n) is 2.47. The number of hydrogen-bond acceptors (Lipinski definition) is 4. The predicted molar refractivity (Wildman–Crippen MR) is 87.2 cm³/mol. The zero-order valence-electron chi connectivity index (χ0n) is 13.4. The Bertz CT molecular complexity index is 847. The quantitative estimate of drug-likeness (QED) is 0.903. The van der Waals surface area contributed by atoms with Crippen LogP contribution in [0.3, 0.4) is 0 Å². The lowest BCUT2D eigenvalue weighted by Gasteiger charge is -2.11. The second kappa shape index (κ2) is 6.88. The van der Waals surface area contributed by atoms with E-state index in [1.807, 2.05) is 19.1 Å². The van der Waals surface area contributed by atoms with Crippen LogP contribution in [0.5, 0.6) is 0 Å². The maximum atomic E-state index is 12.1. The molecule has 0 aromatic carbocycles. The van der Waals surface area contributed by atoms with Gasteiger partial charge in [0.15, 0.2) is 0 Å². The summed E-state index contributed by atoms with van der Waals surface area (Å²) in [4.78, 5) is 30.6. The van der Waals surface area contributed by atoms with Crippen molar-refractivity contribution in [1.82, 2.24) is 9.97 Å². The highest BCUT2D eigenvalue weighted by atomic mass is 16.1. The van der Waals surface area contributed by atoms with Gasteiger partial charge in [-0.2, -0.15) is 5.26 Å². The van der Waals surface area contributed by atoms with Gasteiger partial charge in [-0.15, -0.1) is 0 Å². The molecular weight excluding hydrogens is 292 g/mol. The van der Waals surface area contributed by atoms with Crippen LogP contribution in [0.4, 0.5) is 5.82 Å². The molecule has 1 amide bonds. The molecule has 0 aliphatic carbocycles. The molecule has 2 N–H and O–H groups in total. The summed E-state index contributed by atoms with van der Waals surface area (Å²) in [5.41, 5.74) is 2.76. The van der Waals surface area contributed by atoms with Gasteiger partial charge in [-0.05, 0) is 49.9 Å². The zero-order valence-corrected chi connectivity index (χ0v) is 13.4. The molecule has 0 aliphatic heterocycles. The van der Waals surface area contributed by atoms with Crippen molar-refractivity contribution >= 4 is 11.7 Å². The predicted octanol–water partition coefficient (Wildman–Crippen LogP) is 2.14. The topological polar surface area (TPSA) is 98.6 Å². The summed E-state index contributed by atoms with van der Waals surface area (Å²) in [6.07, 6.45) is 2.31. The number of pyridine rings is 2. The first-order chi connectivity index (χ1) is 10.9. The zero-order chi connectivity index (χ0) is 17.0. The van der Waals surface area contributed by atoms with Crippen molar-refractivity contribution in [2.45, 2.75) is 33.6 Å². The number of rotatable bonds is 4. The molecule has 0 saturated heterocycles. The van der Waals surface area contributed by atoms with E-state index in [0.717, 1.165) is 11.1 Å². The Morgan fingerprint density at radius 3 is 2.78 bits per heavy atom. The number of H-pyrrole nitrogens is 1. The third-order valence-corrected chi connectivity index (χ3v) is 3.79. The van der Waals surface area contributed by atoms with E-state index in [2.05, 4.69) is 15.3 Å². The van der Waals surface area contributed by atoms with Crippen LogP contribution in [0.1, 0.15) is 34.4 Å². The van der Waals surface area contributed by atoms with Crippen molar-refractivity contribution in [2.75, 3.05) is 5.32 Å². The number of amides is 1. The van der Waals surface area contributed by atoms with Crippen molar-refractivity contribution in [2.24, 2.45) is 0 Å². The lowest BCUT2D eigenvalue weighted by molar-refractivity contribution is -0.116. The van der Waals surface area contributed by atoms with E-state index >= 15 is 0 Å². The highest BCUT2D eigenvalue weighted by Crippen LogP contribution is 2.16. The van der Waals surface area contributed by atoms with Crippen LogP contribution in [-0.4, -0.2) is 15.9 Å². The standard InChI is InChI=1S/C17H18N4O2/c1-10-5-4-8-19-16(10)21-15(22)7-6-13-11(2)14(9-18)17(23)20-12(13)3/h4-5,8H,6-7H2,1-3H3,(H,20,23)(H,19,21,22). The molecular formula is C17H18N4O2. The van der Waals surface area contributed by atoms with E-state index in [-0.39, 0.29) is 23.5 Å². The Hall–Kier alpha value is -2.94. The molecule has 0 radical (unpaired) electrons. The molecule has 0 saturated carbocycles. The SMILES string of the molecule is Cc1cccnc1NC(=O)CCc1c(C)[nH]c(=O)c(C#N)c1C. The fraction of sp³-hybridized carbons (Fsp3) is 0.294. The summed E-state index contributed by atoms with van der Waals surface area (Å²) in [6.45, 7) is 5.38. The summed E-state index contributed by atoms with van der Waals surface area (Å²) >= 11 is 0. The number of aromatic amines is 1. The molecule has 0 fully saturated rings. The second-order valence-corrected chi connectivity index (χ2v) is 5.39. The van der Waals surface area contributed by atoms with Crippen LogP contribution < -0.4 is 10.9 Å². The van der Waals surface area contributed by atoms with Crippen molar-refractivity contribution in [1.29, 1.82) is 5.26 Å². The normalized spacial score (nSPS) is 10.2. The van der Waals surface area contributed by atoms with Gasteiger partial charge in [0, 0.05) is 18.3 Å². The summed E-state index contributed by atoms with van der Waals surface area (Å²) < 4.78 is 0. The number of nitrogens with zero attached hydrogens (tertiary/aromatic N) is 2. The molecule has 118 valence electrons. The number of carbonyl (C=O) groups excluding carboxylic acids is 1. The molecule has 0 bridgehead atoms. The average Bonchev–Trinajstić information content (AvgIpc) is 2.49. The van der Waals surface area contributed by atoms with E-state index in [0.29, 0.717) is 23.5 Å². The summed E-state index contributed by atoms with van der Waals surface area (Å²) in [5, 5.41) is 11.8. The van der Waals surface area contributed by atoms with Crippen molar-refractivity contribution in [3.05, 3.63) is 56.6 Å². The number of carbonyl (C=O) groups is 1. The first-order valence-electron chi connectivity index (χ1n) is 7.28. The largest absolute Gasteiger partial charge is 0.325 e. The molecule has 2 aromatic rings. The van der Waals surface area contributed by atoms with Crippen LogP contribution in [-0.2, 0) is 11.2 Å². The Morgan fingerprint density at radius 2 is 2.13 bits per heavy atom. The number of aryl methyl sites for hydroxylation is 2. The summed E-state index contributed by atoms with van der Waals surface area (Å²) in [7, 11) is 0. The van der Waals surface area contributed by atoms with E-state index in [4.69, 9.17) is 5.26 Å². The first kappa shape index (κ1) is 16.4. The second-order valence-electron chi connectivity index (χ2n) is 5.39. The van der Waals surface area contributed by atoms with E-state index in [9.17, 15) is 9.59 Å². The van der Waals surface area contributed by atoms with Crippen LogP contribution >= 0.6 is 0 Å². The minimum atomic E-state index is -0.389. The smallest absolute Gasteiger partial charge is 0.266 e. The molecule has 2 aromatic heterocycles. The van der Waals surface area contributed by atoms with Gasteiger partial charge >= 0.3 is 0 Å². The molecule has 6 heteroatoms. The molecule has 0 spiro atoms. The van der Waals surface area contributed by atoms with Gasteiger partial charge < -0.3 is 10.3 Å². The maximum absolute atomic E-state index is 12.1. The molecule has 0 atom stereocenters. The third-order valence-electron chi connectivity index (χ3n) is 3.79. The minimum absolute atomic E-state index is 0.103. The van der Waals surface area contributed by atoms with Crippen LogP contribution in [0, 0.1) is 32.1 Å². The van der Waals surface area contributed by atoms with Crippen LogP contribution in [0.2, 0.25) is 0 Å². The lowest BCUT2D eigenvalue weighted by atomic mass is 9.99. The monoisotopic (exact) mass is 310 g/mol. The van der Waals surface area contributed by atoms with Gasteiger partial charge in [-0.3, -0.25) is 9.59 Å². The Kier molecular flexibility index (Phi) is 4.91. The first-order valence-corrected chi connectivity index (χ1v) is 7.28. The van der Waals surface area contributed by atoms with Gasteiger partial charge in [0.2, 0.25) is 5.91 Å². The number of anilines is 1. The molecule has 0 aliphatic rings. The molecule has 0 unspecified atom stereocenters. The van der Waals surface area contributed by atoms with E-state index < -0.39 is 0 Å². The van der Waals surface area contributed by atoms with E-state index in [1.165, 1.54) is 0 Å². The number of aromatic nitrogens is 2. The highest BCUT2D eigenvalue weighted by molar-refractivity contribution is 5.90. The van der Waals surface area contributed by atoms with Gasteiger partial charge in [-0.1, -0.05) is 6.07 Å². The maximum Gasteiger partial charge on any atom is 0.266 e. The molecule has 6 nitrogen and oxygen atoms in total. The van der Waals surface area contributed by atoms with Gasteiger partial charge in [0.25, 0.3) is 5.56 Å². The van der Waals surface area contributed by atoms with Crippen LogP contribution in [0.25, 0.3) is 0 Å². The van der Waals surface area contributed by atoms with Crippen molar-refractivity contribution in [3.8, 4) is 6.07 Å². The molecule has 23 heavy (non-hydrogen) atoms. The van der Waals surface area contributed by atoms with E-state index in [1.54, 1.807) is 26.1 Å². The summed E-state index contributed by atoms with van der Waals surface area (Å²) in [5.74, 6) is 0.389. The van der Waals surface area contributed by atoms with Crippen molar-refractivity contribution < 1.29 is 4.79 Å². The van der Waals surface area contributed by atoms with Gasteiger partial charge in [0.05, 0.1) is 0 Å². The average molecular weight is 310 g/mol. The number of hydrogen-bond donors (Lipinski definition) is 2. The Balaban J connectivity index is 2.13. The molecule has 2 rings (SSSR count). The number of nitriles is 1.